The highest BCUT2D eigenvalue weighted by atomic mass is 19.1. The number of nitrogens with zero attached hydrogens (tertiary/aromatic N) is 1. The Bertz CT molecular complexity index is 1160. The molecule has 1 heterocycles. The number of phenolic OH excluding ortho intramolecular Hbond substituents is 1. The van der Waals surface area contributed by atoms with Crippen LogP contribution >= 0.6 is 0 Å². The lowest BCUT2D eigenvalue weighted by molar-refractivity contribution is -0.126. The van der Waals surface area contributed by atoms with Crippen molar-refractivity contribution in [3.63, 3.8) is 0 Å². The molecule has 1 saturated carbocycles. The quantitative estimate of drug-likeness (QED) is 0.647. The van der Waals surface area contributed by atoms with Crippen molar-refractivity contribution in [3.05, 3.63) is 59.2 Å². The lowest BCUT2D eigenvalue weighted by Gasteiger charge is -2.54. The SMILES string of the molecule is CN1CC23Cc4ccc(O)cc4C(C)(C2)C(NC(=O)CCC(=O)Nc2ccc(F)cc2F)C13. The summed E-state index contributed by atoms with van der Waals surface area (Å²) in [5.41, 5.74) is 1.95. The second-order valence-corrected chi connectivity index (χ2v) is 10.1. The highest BCUT2D eigenvalue weighted by molar-refractivity contribution is 5.93. The van der Waals surface area contributed by atoms with Crippen molar-refractivity contribution in [2.75, 3.05) is 18.9 Å². The van der Waals surface area contributed by atoms with Crippen molar-refractivity contribution in [2.24, 2.45) is 5.41 Å². The maximum atomic E-state index is 13.8. The number of fused-ring (bicyclic) bond motifs is 3. The van der Waals surface area contributed by atoms with Crippen LogP contribution < -0.4 is 10.6 Å². The largest absolute Gasteiger partial charge is 0.508 e. The van der Waals surface area contributed by atoms with E-state index < -0.39 is 17.5 Å². The second-order valence-electron chi connectivity index (χ2n) is 10.1. The number of anilines is 1. The van der Waals surface area contributed by atoms with E-state index in [1.807, 2.05) is 12.1 Å². The molecule has 1 saturated heterocycles. The molecule has 0 aromatic heterocycles. The molecule has 2 aromatic carbocycles. The van der Waals surface area contributed by atoms with Crippen LogP contribution in [-0.2, 0) is 21.4 Å². The topological polar surface area (TPSA) is 81.7 Å². The summed E-state index contributed by atoms with van der Waals surface area (Å²) in [5.74, 6) is -2.14. The summed E-state index contributed by atoms with van der Waals surface area (Å²) in [6.07, 6.45) is 1.69. The molecule has 6 nitrogen and oxygen atoms in total. The average Bonchev–Trinajstić information content (AvgIpc) is 2.89. The number of phenols is 1. The van der Waals surface area contributed by atoms with Gasteiger partial charge in [-0.05, 0) is 55.3 Å². The highest BCUT2D eigenvalue weighted by Crippen LogP contribution is 2.63. The van der Waals surface area contributed by atoms with Gasteiger partial charge >= 0.3 is 0 Å². The molecule has 5 rings (SSSR count). The molecule has 174 valence electrons. The molecule has 3 N–H and O–H groups in total. The Morgan fingerprint density at radius 2 is 1.91 bits per heavy atom. The smallest absolute Gasteiger partial charge is 0.224 e. The first-order valence-corrected chi connectivity index (χ1v) is 11.2. The first kappa shape index (κ1) is 21.8. The Hall–Kier alpha value is -3.00. The monoisotopic (exact) mass is 455 g/mol. The van der Waals surface area contributed by atoms with E-state index in [-0.39, 0.29) is 53.1 Å². The van der Waals surface area contributed by atoms with Crippen molar-refractivity contribution in [1.82, 2.24) is 10.2 Å². The standard InChI is InChI=1S/C25H27F2N3O3/c1-24-12-25(11-14-3-5-16(31)10-17(14)24)13-30(2)23(25)22(24)29-21(33)8-7-20(32)28-19-6-4-15(26)9-18(19)27/h3-6,9-10,22-23,31H,7-8,11-13H2,1-2H3,(H,28,32)(H,29,33). The fourth-order valence-electron chi connectivity index (χ4n) is 6.63. The normalized spacial score (nSPS) is 29.6. The molecular formula is C25H27F2N3O3. The third-order valence-electron chi connectivity index (χ3n) is 7.74. The van der Waals surface area contributed by atoms with Gasteiger partial charge in [0.05, 0.1) is 11.7 Å². The zero-order valence-electron chi connectivity index (χ0n) is 18.6. The van der Waals surface area contributed by atoms with Gasteiger partial charge in [-0.25, -0.2) is 8.78 Å². The van der Waals surface area contributed by atoms with Crippen LogP contribution in [0.5, 0.6) is 5.75 Å². The van der Waals surface area contributed by atoms with E-state index in [4.69, 9.17) is 0 Å². The lowest BCUT2D eigenvalue weighted by Crippen LogP contribution is -2.67. The molecule has 4 atom stereocenters. The minimum atomic E-state index is -0.862. The van der Waals surface area contributed by atoms with Crippen molar-refractivity contribution < 1.29 is 23.5 Å². The number of carbonyl (C=O) groups is 2. The number of amides is 2. The van der Waals surface area contributed by atoms with Crippen molar-refractivity contribution in [3.8, 4) is 5.75 Å². The van der Waals surface area contributed by atoms with Crippen LogP contribution in [0.15, 0.2) is 36.4 Å². The maximum absolute atomic E-state index is 13.8. The predicted molar refractivity (Wildman–Crippen MR) is 119 cm³/mol. The Morgan fingerprint density at radius 3 is 2.64 bits per heavy atom. The Morgan fingerprint density at radius 1 is 1.15 bits per heavy atom. The first-order chi connectivity index (χ1) is 15.6. The molecule has 2 amide bonds. The number of aromatic hydroxyl groups is 1. The van der Waals surface area contributed by atoms with Gasteiger partial charge in [0.15, 0.2) is 0 Å². The number of hydrogen-bond donors (Lipinski definition) is 3. The Balaban J connectivity index is 1.28. The van der Waals surface area contributed by atoms with Gasteiger partial charge in [0, 0.05) is 42.3 Å². The van der Waals surface area contributed by atoms with Gasteiger partial charge in [-0.15, -0.1) is 0 Å². The van der Waals surface area contributed by atoms with Crippen molar-refractivity contribution in [2.45, 2.75) is 50.1 Å². The van der Waals surface area contributed by atoms with E-state index in [0.717, 1.165) is 37.1 Å². The van der Waals surface area contributed by atoms with Gasteiger partial charge in [-0.3, -0.25) is 9.59 Å². The van der Waals surface area contributed by atoms with E-state index in [9.17, 15) is 23.5 Å². The number of halogens is 2. The number of nitrogens with one attached hydrogen (secondary N) is 2. The highest BCUT2D eigenvalue weighted by Gasteiger charge is 2.69. The molecule has 3 aliphatic rings. The molecule has 33 heavy (non-hydrogen) atoms. The number of likely N-dealkylation sites (N-methyl/N-ethyl adjacent to an activating group) is 1. The van der Waals surface area contributed by atoms with Crippen LogP contribution in [-0.4, -0.2) is 47.5 Å². The third kappa shape index (κ3) is 3.47. The van der Waals surface area contributed by atoms with E-state index >= 15 is 0 Å². The van der Waals surface area contributed by atoms with Gasteiger partial charge < -0.3 is 20.6 Å². The molecule has 8 heteroatoms. The molecule has 0 radical (unpaired) electrons. The van der Waals surface area contributed by atoms with Gasteiger partial charge in [0.25, 0.3) is 0 Å². The second kappa shape index (κ2) is 7.52. The van der Waals surface area contributed by atoms with Crippen LogP contribution in [0.1, 0.15) is 37.3 Å². The summed E-state index contributed by atoms with van der Waals surface area (Å²) in [5, 5.41) is 15.7. The predicted octanol–water partition coefficient (Wildman–Crippen LogP) is 3.09. The summed E-state index contributed by atoms with van der Waals surface area (Å²) in [6.45, 7) is 3.11. The summed E-state index contributed by atoms with van der Waals surface area (Å²) in [7, 11) is 2.06. The summed E-state index contributed by atoms with van der Waals surface area (Å²) >= 11 is 0. The molecule has 1 aliphatic heterocycles. The number of rotatable bonds is 5. The van der Waals surface area contributed by atoms with E-state index in [1.54, 1.807) is 6.07 Å². The van der Waals surface area contributed by atoms with Crippen LogP contribution in [0.4, 0.5) is 14.5 Å². The third-order valence-corrected chi connectivity index (χ3v) is 7.74. The van der Waals surface area contributed by atoms with E-state index in [2.05, 4.69) is 29.5 Å². The van der Waals surface area contributed by atoms with E-state index in [0.29, 0.717) is 6.07 Å². The molecule has 4 unspecified atom stereocenters. The molecule has 1 spiro atoms. The molecule has 2 bridgehead atoms. The van der Waals surface area contributed by atoms with Crippen LogP contribution in [0.3, 0.4) is 0 Å². The molecular weight excluding hydrogens is 428 g/mol. The minimum Gasteiger partial charge on any atom is -0.508 e. The summed E-state index contributed by atoms with van der Waals surface area (Å²) in [6, 6.07) is 8.47. The lowest BCUT2D eigenvalue weighted by atomic mass is 9.63. The first-order valence-electron chi connectivity index (χ1n) is 11.2. The summed E-state index contributed by atoms with van der Waals surface area (Å²) in [4.78, 5) is 27.4. The van der Waals surface area contributed by atoms with Gasteiger partial charge in [-0.2, -0.15) is 0 Å². The Labute approximate surface area is 191 Å². The fourth-order valence-corrected chi connectivity index (χ4v) is 6.63. The number of likely N-dealkylation sites (tertiary alicyclic amines) is 1. The number of carbonyl (C=O) groups excluding carboxylic acids is 2. The number of benzene rings is 2. The Kier molecular flexibility index (Phi) is 4.97. The van der Waals surface area contributed by atoms with Gasteiger partial charge in [0.2, 0.25) is 11.8 Å². The molecule has 2 fully saturated rings. The van der Waals surface area contributed by atoms with Crippen LogP contribution in [0, 0.1) is 17.0 Å². The van der Waals surface area contributed by atoms with Gasteiger partial charge in [-0.1, -0.05) is 13.0 Å². The van der Waals surface area contributed by atoms with E-state index in [1.165, 1.54) is 5.56 Å². The van der Waals surface area contributed by atoms with Crippen molar-refractivity contribution in [1.29, 1.82) is 0 Å². The number of hydrogen-bond acceptors (Lipinski definition) is 4. The average molecular weight is 456 g/mol. The van der Waals surface area contributed by atoms with Gasteiger partial charge in [0.1, 0.15) is 17.4 Å². The maximum Gasteiger partial charge on any atom is 0.224 e. The zero-order valence-corrected chi connectivity index (χ0v) is 18.6. The minimum absolute atomic E-state index is 0.0441. The molecule has 2 aromatic rings. The fraction of sp³-hybridized carbons (Fsp3) is 0.440. The zero-order chi connectivity index (χ0) is 23.5. The molecule has 2 aliphatic carbocycles. The van der Waals surface area contributed by atoms with Crippen LogP contribution in [0.2, 0.25) is 0 Å². The van der Waals surface area contributed by atoms with Crippen LogP contribution in [0.25, 0.3) is 0 Å². The van der Waals surface area contributed by atoms with Crippen molar-refractivity contribution >= 4 is 17.5 Å². The summed E-state index contributed by atoms with van der Waals surface area (Å²) < 4.78 is 26.8.